The Bertz CT molecular complexity index is 678. The van der Waals surface area contributed by atoms with E-state index >= 15 is 0 Å². The van der Waals surface area contributed by atoms with Crippen molar-refractivity contribution in [3.63, 3.8) is 0 Å². The first kappa shape index (κ1) is 20.7. The number of amides is 2. The second-order valence-electron chi connectivity index (χ2n) is 6.34. The van der Waals surface area contributed by atoms with Gasteiger partial charge in [-0.15, -0.1) is 0 Å². The Kier molecular flexibility index (Phi) is 7.60. The van der Waals surface area contributed by atoms with Crippen LogP contribution in [0.3, 0.4) is 0 Å². The smallest absolute Gasteiger partial charge is 0.305 e. The van der Waals surface area contributed by atoms with E-state index in [1.54, 1.807) is 6.07 Å². The predicted molar refractivity (Wildman–Crippen MR) is 97.4 cm³/mol. The van der Waals surface area contributed by atoms with Gasteiger partial charge in [0.2, 0.25) is 11.8 Å². The number of ether oxygens (including phenoxy) is 2. The van der Waals surface area contributed by atoms with Crippen molar-refractivity contribution in [1.82, 2.24) is 10.2 Å². The van der Waals surface area contributed by atoms with Gasteiger partial charge < -0.3 is 24.8 Å². The molecule has 0 aromatic heterocycles. The molecular weight excluding hydrogens is 352 g/mol. The molecule has 0 aliphatic carbocycles. The number of carboxylic acid groups (broad SMARTS) is 1. The fourth-order valence-corrected chi connectivity index (χ4v) is 3.19. The van der Waals surface area contributed by atoms with Gasteiger partial charge in [0.1, 0.15) is 5.75 Å². The molecule has 1 aliphatic rings. The minimum Gasteiger partial charge on any atom is -0.494 e. The average Bonchev–Trinajstić information content (AvgIpc) is 2.61. The second kappa shape index (κ2) is 9.91. The summed E-state index contributed by atoms with van der Waals surface area (Å²) < 4.78 is 10.9. The van der Waals surface area contributed by atoms with Gasteiger partial charge in [-0.2, -0.15) is 0 Å². The lowest BCUT2D eigenvalue weighted by Crippen LogP contribution is -2.50. The molecule has 2 rings (SSSR count). The van der Waals surface area contributed by atoms with E-state index in [1.807, 2.05) is 25.1 Å². The maximum absolute atomic E-state index is 12.9. The summed E-state index contributed by atoms with van der Waals surface area (Å²) in [6, 6.07) is 6.17. The van der Waals surface area contributed by atoms with E-state index in [0.717, 1.165) is 0 Å². The fourth-order valence-electron chi connectivity index (χ4n) is 3.19. The van der Waals surface area contributed by atoms with Crippen LogP contribution in [0.4, 0.5) is 0 Å². The predicted octanol–water partition coefficient (Wildman–Crippen LogP) is 1.35. The first-order valence-corrected chi connectivity index (χ1v) is 9.00. The maximum Gasteiger partial charge on any atom is 0.305 e. The molecule has 2 N–H and O–H groups in total. The molecule has 1 aromatic rings. The van der Waals surface area contributed by atoms with Crippen molar-refractivity contribution < 1.29 is 29.0 Å². The summed E-state index contributed by atoms with van der Waals surface area (Å²) in [5.74, 6) is -0.864. The Labute approximate surface area is 158 Å². The molecule has 2 amide bonds. The highest BCUT2D eigenvalue weighted by Gasteiger charge is 2.31. The number of morpholine rings is 1. The van der Waals surface area contributed by atoms with E-state index in [0.29, 0.717) is 31.1 Å². The van der Waals surface area contributed by atoms with Gasteiger partial charge in [0.05, 0.1) is 44.7 Å². The van der Waals surface area contributed by atoms with Gasteiger partial charge in [0, 0.05) is 19.0 Å². The highest BCUT2D eigenvalue weighted by Crippen LogP contribution is 2.28. The van der Waals surface area contributed by atoms with Crippen LogP contribution in [0.15, 0.2) is 24.3 Å². The summed E-state index contributed by atoms with van der Waals surface area (Å²) in [6.07, 6.45) is -0.161. The van der Waals surface area contributed by atoms with Gasteiger partial charge in [-0.05, 0) is 13.0 Å². The number of carboxylic acids is 1. The zero-order chi connectivity index (χ0) is 19.8. The van der Waals surface area contributed by atoms with Crippen molar-refractivity contribution in [3.8, 4) is 5.75 Å². The molecule has 1 aliphatic heterocycles. The molecule has 27 heavy (non-hydrogen) atoms. The maximum atomic E-state index is 12.9. The van der Waals surface area contributed by atoms with E-state index in [9.17, 15) is 14.4 Å². The molecule has 148 valence electrons. The first-order valence-electron chi connectivity index (χ1n) is 9.00. The molecule has 8 heteroatoms. The topological polar surface area (TPSA) is 105 Å². The molecule has 1 saturated heterocycles. The van der Waals surface area contributed by atoms with Gasteiger partial charge in [-0.25, -0.2) is 0 Å². The Balaban J connectivity index is 2.21. The number of nitrogens with zero attached hydrogens (tertiary/aromatic N) is 1. The van der Waals surface area contributed by atoms with Gasteiger partial charge in [0.25, 0.3) is 0 Å². The van der Waals surface area contributed by atoms with Gasteiger partial charge >= 0.3 is 5.97 Å². The highest BCUT2D eigenvalue weighted by molar-refractivity contribution is 5.80. The summed E-state index contributed by atoms with van der Waals surface area (Å²) in [7, 11) is 0. The summed E-state index contributed by atoms with van der Waals surface area (Å²) in [6.45, 7) is 4.60. The molecule has 2 unspecified atom stereocenters. The van der Waals surface area contributed by atoms with Gasteiger partial charge in [-0.3, -0.25) is 14.4 Å². The number of nitrogens with one attached hydrogen (secondary N) is 1. The number of carbonyl (C=O) groups is 3. The standard InChI is InChI=1S/C19H26N2O6/c1-3-27-17-7-5-4-6-15(17)16(20-13(2)22)11-18(23)21-8-9-26-12-14(21)10-19(24)25/h4-7,14,16H,3,8-12H2,1-2H3,(H,20,22)(H,24,25). The lowest BCUT2D eigenvalue weighted by molar-refractivity contribution is -0.146. The molecule has 0 radical (unpaired) electrons. The van der Waals surface area contributed by atoms with Crippen LogP contribution in [0.2, 0.25) is 0 Å². The zero-order valence-corrected chi connectivity index (χ0v) is 15.6. The molecule has 2 atom stereocenters. The van der Waals surface area contributed by atoms with E-state index in [1.165, 1.54) is 11.8 Å². The summed E-state index contributed by atoms with van der Waals surface area (Å²) in [5, 5.41) is 11.9. The molecule has 1 fully saturated rings. The lowest BCUT2D eigenvalue weighted by Gasteiger charge is -2.36. The summed E-state index contributed by atoms with van der Waals surface area (Å²) >= 11 is 0. The van der Waals surface area contributed by atoms with Crippen molar-refractivity contribution in [2.75, 3.05) is 26.4 Å². The molecule has 1 heterocycles. The normalized spacial score (nSPS) is 17.9. The third kappa shape index (κ3) is 5.96. The molecular formula is C19H26N2O6. The van der Waals surface area contributed by atoms with E-state index < -0.39 is 18.1 Å². The molecule has 0 bridgehead atoms. The average molecular weight is 378 g/mol. The number of para-hydroxylation sites is 1. The Morgan fingerprint density at radius 3 is 2.78 bits per heavy atom. The van der Waals surface area contributed by atoms with Crippen LogP contribution in [0.1, 0.15) is 38.3 Å². The van der Waals surface area contributed by atoms with Crippen LogP contribution < -0.4 is 10.1 Å². The Morgan fingerprint density at radius 2 is 2.11 bits per heavy atom. The van der Waals surface area contributed by atoms with E-state index in [-0.39, 0.29) is 31.3 Å². The third-order valence-electron chi connectivity index (χ3n) is 4.31. The molecule has 0 spiro atoms. The van der Waals surface area contributed by atoms with Crippen molar-refractivity contribution in [2.24, 2.45) is 0 Å². The second-order valence-corrected chi connectivity index (χ2v) is 6.34. The van der Waals surface area contributed by atoms with Crippen LogP contribution in [0.5, 0.6) is 5.75 Å². The van der Waals surface area contributed by atoms with Crippen LogP contribution in [0.25, 0.3) is 0 Å². The Hall–Kier alpha value is -2.61. The summed E-state index contributed by atoms with van der Waals surface area (Å²) in [5.41, 5.74) is 0.714. The van der Waals surface area contributed by atoms with Gasteiger partial charge in [0.15, 0.2) is 0 Å². The highest BCUT2D eigenvalue weighted by atomic mass is 16.5. The quantitative estimate of drug-likeness (QED) is 0.708. The minimum atomic E-state index is -0.983. The minimum absolute atomic E-state index is 0.0137. The van der Waals surface area contributed by atoms with Crippen LogP contribution in [0, 0.1) is 0 Å². The van der Waals surface area contributed by atoms with Crippen LogP contribution >= 0.6 is 0 Å². The SMILES string of the molecule is CCOc1ccccc1C(CC(=O)N1CCOCC1CC(=O)O)NC(C)=O. The zero-order valence-electron chi connectivity index (χ0n) is 15.6. The lowest BCUT2D eigenvalue weighted by atomic mass is 10.0. The van der Waals surface area contributed by atoms with Crippen LogP contribution in [-0.2, 0) is 19.1 Å². The van der Waals surface area contributed by atoms with Crippen molar-refractivity contribution in [1.29, 1.82) is 0 Å². The number of rotatable bonds is 8. The van der Waals surface area contributed by atoms with Crippen LogP contribution in [-0.4, -0.2) is 60.2 Å². The molecule has 1 aromatic carbocycles. The van der Waals surface area contributed by atoms with Crippen molar-refractivity contribution in [3.05, 3.63) is 29.8 Å². The third-order valence-corrected chi connectivity index (χ3v) is 4.31. The fraction of sp³-hybridized carbons (Fsp3) is 0.526. The number of benzene rings is 1. The van der Waals surface area contributed by atoms with Crippen molar-refractivity contribution in [2.45, 2.75) is 38.8 Å². The number of aliphatic carboxylic acids is 1. The molecule has 8 nitrogen and oxygen atoms in total. The van der Waals surface area contributed by atoms with E-state index in [4.69, 9.17) is 14.6 Å². The number of hydrogen-bond donors (Lipinski definition) is 2. The Morgan fingerprint density at radius 1 is 1.37 bits per heavy atom. The summed E-state index contributed by atoms with van der Waals surface area (Å²) in [4.78, 5) is 37.2. The van der Waals surface area contributed by atoms with Crippen molar-refractivity contribution >= 4 is 17.8 Å². The molecule has 0 saturated carbocycles. The number of hydrogen-bond acceptors (Lipinski definition) is 5. The van der Waals surface area contributed by atoms with Gasteiger partial charge in [-0.1, -0.05) is 18.2 Å². The number of carbonyl (C=O) groups excluding carboxylic acids is 2. The van der Waals surface area contributed by atoms with E-state index in [2.05, 4.69) is 5.32 Å². The largest absolute Gasteiger partial charge is 0.494 e. The monoisotopic (exact) mass is 378 g/mol. The first-order chi connectivity index (χ1) is 12.9.